The molecule has 0 radical (unpaired) electrons. The monoisotopic (exact) mass is 164 g/mol. The molecule has 0 aromatic rings. The van der Waals surface area contributed by atoms with Crippen LogP contribution in [0.4, 0.5) is 0 Å². The van der Waals surface area contributed by atoms with Gasteiger partial charge in [-0.2, -0.15) is 0 Å². The topological polar surface area (TPSA) is 79.2 Å². The first-order valence-corrected chi connectivity index (χ1v) is 3.36. The minimum absolute atomic E-state index is 0.271. The molecule has 0 amide bonds. The first-order chi connectivity index (χ1) is 5.20. The zero-order valence-corrected chi connectivity index (χ0v) is 6.17. The fourth-order valence-electron chi connectivity index (χ4n) is 1.16. The van der Waals surface area contributed by atoms with Gasteiger partial charge in [0.15, 0.2) is 6.29 Å². The number of ether oxygens (including phenoxy) is 2. The fourth-order valence-corrected chi connectivity index (χ4v) is 1.16. The summed E-state index contributed by atoms with van der Waals surface area (Å²) in [4.78, 5) is 0. The molecule has 0 bridgehead atoms. The van der Waals surface area contributed by atoms with Gasteiger partial charge in [-0.15, -0.1) is 0 Å². The Morgan fingerprint density at radius 3 is 2.45 bits per heavy atom. The van der Waals surface area contributed by atoms with Crippen LogP contribution in [-0.2, 0) is 9.47 Å². The number of hydrogen-bond donors (Lipinski definition) is 3. The summed E-state index contributed by atoms with van der Waals surface area (Å²) in [6.45, 7) is -0.271. The Labute approximate surface area is 64.2 Å². The number of methoxy groups -OCH3 is 1. The van der Waals surface area contributed by atoms with Crippen molar-refractivity contribution in [1.29, 1.82) is 0 Å². The standard InChI is InChI=1S/C6H12O5/c1-10-5-3(2-7)11-6(9)4(5)8/h3-9H,2H2,1H3/t3-,4?,5?,6-/m1/s1. The average Bonchev–Trinajstić information content (AvgIpc) is 2.28. The van der Waals surface area contributed by atoms with E-state index in [9.17, 15) is 0 Å². The molecular formula is C6H12O5. The van der Waals surface area contributed by atoms with Crippen LogP contribution >= 0.6 is 0 Å². The summed E-state index contributed by atoms with van der Waals surface area (Å²) >= 11 is 0. The minimum atomic E-state index is -1.25. The number of hydrogen-bond acceptors (Lipinski definition) is 5. The van der Waals surface area contributed by atoms with Gasteiger partial charge in [0.1, 0.15) is 18.3 Å². The Morgan fingerprint density at radius 1 is 1.45 bits per heavy atom. The van der Waals surface area contributed by atoms with Crippen molar-refractivity contribution in [2.24, 2.45) is 0 Å². The van der Waals surface area contributed by atoms with Gasteiger partial charge in [0.2, 0.25) is 0 Å². The van der Waals surface area contributed by atoms with E-state index < -0.39 is 24.6 Å². The molecule has 1 saturated heterocycles. The third-order valence-corrected chi connectivity index (χ3v) is 1.76. The van der Waals surface area contributed by atoms with E-state index in [1.54, 1.807) is 0 Å². The van der Waals surface area contributed by atoms with E-state index in [1.165, 1.54) is 7.11 Å². The molecule has 5 heteroatoms. The van der Waals surface area contributed by atoms with Gasteiger partial charge in [-0.3, -0.25) is 0 Å². The summed E-state index contributed by atoms with van der Waals surface area (Å²) in [5, 5.41) is 26.8. The van der Waals surface area contributed by atoms with Gasteiger partial charge in [-0.1, -0.05) is 0 Å². The highest BCUT2D eigenvalue weighted by atomic mass is 16.7. The lowest BCUT2D eigenvalue weighted by molar-refractivity contribution is -0.132. The molecule has 0 aliphatic carbocycles. The van der Waals surface area contributed by atoms with Crippen LogP contribution in [0.15, 0.2) is 0 Å². The van der Waals surface area contributed by atoms with Gasteiger partial charge in [0.05, 0.1) is 6.61 Å². The SMILES string of the molecule is COC1C(O)[C@H](O)O[C@@H]1CO. The molecule has 0 aromatic heterocycles. The molecule has 1 aliphatic rings. The van der Waals surface area contributed by atoms with Crippen molar-refractivity contribution >= 4 is 0 Å². The number of aliphatic hydroxyl groups excluding tert-OH is 3. The van der Waals surface area contributed by atoms with Crippen LogP contribution in [0.5, 0.6) is 0 Å². The highest BCUT2D eigenvalue weighted by Crippen LogP contribution is 2.21. The zero-order valence-electron chi connectivity index (χ0n) is 6.17. The van der Waals surface area contributed by atoms with E-state index in [0.717, 1.165) is 0 Å². The molecule has 1 fully saturated rings. The summed E-state index contributed by atoms with van der Waals surface area (Å²) < 4.78 is 9.56. The molecule has 3 N–H and O–H groups in total. The van der Waals surface area contributed by atoms with Crippen molar-refractivity contribution in [3.8, 4) is 0 Å². The van der Waals surface area contributed by atoms with Crippen molar-refractivity contribution in [2.45, 2.75) is 24.6 Å². The highest BCUT2D eigenvalue weighted by Gasteiger charge is 2.42. The van der Waals surface area contributed by atoms with Gasteiger partial charge in [-0.05, 0) is 0 Å². The first kappa shape index (κ1) is 8.89. The van der Waals surface area contributed by atoms with E-state index in [1.807, 2.05) is 0 Å². The van der Waals surface area contributed by atoms with Crippen molar-refractivity contribution in [1.82, 2.24) is 0 Å². The second kappa shape index (κ2) is 3.46. The van der Waals surface area contributed by atoms with Gasteiger partial charge >= 0.3 is 0 Å². The third-order valence-electron chi connectivity index (χ3n) is 1.76. The van der Waals surface area contributed by atoms with E-state index in [2.05, 4.69) is 0 Å². The van der Waals surface area contributed by atoms with Crippen LogP contribution in [0.1, 0.15) is 0 Å². The maximum Gasteiger partial charge on any atom is 0.184 e. The van der Waals surface area contributed by atoms with E-state index >= 15 is 0 Å². The molecule has 2 unspecified atom stereocenters. The number of rotatable bonds is 2. The predicted octanol–water partition coefficient (Wildman–Crippen LogP) is -1.93. The van der Waals surface area contributed by atoms with Gasteiger partial charge in [-0.25, -0.2) is 0 Å². The van der Waals surface area contributed by atoms with Crippen LogP contribution in [0.3, 0.4) is 0 Å². The van der Waals surface area contributed by atoms with E-state index in [-0.39, 0.29) is 6.61 Å². The third kappa shape index (κ3) is 1.52. The lowest BCUT2D eigenvalue weighted by atomic mass is 10.1. The molecule has 1 rings (SSSR count). The van der Waals surface area contributed by atoms with Crippen molar-refractivity contribution in [2.75, 3.05) is 13.7 Å². The number of aliphatic hydroxyl groups is 3. The minimum Gasteiger partial charge on any atom is -0.394 e. The molecule has 1 aliphatic heterocycles. The van der Waals surface area contributed by atoms with E-state index in [4.69, 9.17) is 24.8 Å². The second-order valence-corrected chi connectivity index (χ2v) is 2.44. The molecule has 66 valence electrons. The molecule has 11 heavy (non-hydrogen) atoms. The van der Waals surface area contributed by atoms with Crippen LogP contribution in [0.2, 0.25) is 0 Å². The van der Waals surface area contributed by atoms with Crippen LogP contribution < -0.4 is 0 Å². The van der Waals surface area contributed by atoms with Crippen LogP contribution in [-0.4, -0.2) is 53.6 Å². The molecule has 4 atom stereocenters. The maximum absolute atomic E-state index is 9.15. The Hall–Kier alpha value is -0.200. The molecule has 5 nitrogen and oxygen atoms in total. The quantitative estimate of drug-likeness (QED) is 0.443. The predicted molar refractivity (Wildman–Crippen MR) is 34.8 cm³/mol. The summed E-state index contributed by atoms with van der Waals surface area (Å²) in [6, 6.07) is 0. The molecular weight excluding hydrogens is 152 g/mol. The van der Waals surface area contributed by atoms with Gasteiger partial charge in [0, 0.05) is 7.11 Å². The average molecular weight is 164 g/mol. The Balaban J connectivity index is 2.57. The largest absolute Gasteiger partial charge is 0.394 e. The second-order valence-electron chi connectivity index (χ2n) is 2.44. The first-order valence-electron chi connectivity index (χ1n) is 3.36. The van der Waals surface area contributed by atoms with Crippen LogP contribution in [0.25, 0.3) is 0 Å². The summed E-state index contributed by atoms with van der Waals surface area (Å²) in [5.41, 5.74) is 0. The van der Waals surface area contributed by atoms with E-state index in [0.29, 0.717) is 0 Å². The Bertz CT molecular complexity index is 128. The molecule has 0 spiro atoms. The smallest absolute Gasteiger partial charge is 0.184 e. The zero-order chi connectivity index (χ0) is 8.43. The lowest BCUT2D eigenvalue weighted by Crippen LogP contribution is -2.35. The molecule has 1 heterocycles. The Kier molecular flexibility index (Phi) is 2.80. The van der Waals surface area contributed by atoms with Gasteiger partial charge < -0.3 is 24.8 Å². The van der Waals surface area contributed by atoms with Crippen LogP contribution in [0, 0.1) is 0 Å². The maximum atomic E-state index is 9.15. The molecule has 0 saturated carbocycles. The summed E-state index contributed by atoms with van der Waals surface area (Å²) in [7, 11) is 1.39. The summed E-state index contributed by atoms with van der Waals surface area (Å²) in [6.07, 6.45) is -3.60. The molecule has 0 aromatic carbocycles. The fraction of sp³-hybridized carbons (Fsp3) is 1.00. The lowest BCUT2D eigenvalue weighted by Gasteiger charge is -2.15. The normalized spacial score (nSPS) is 44.7. The van der Waals surface area contributed by atoms with Crippen molar-refractivity contribution in [3.63, 3.8) is 0 Å². The summed E-state index contributed by atoms with van der Waals surface area (Å²) in [5.74, 6) is 0. The Morgan fingerprint density at radius 2 is 2.09 bits per heavy atom. The van der Waals surface area contributed by atoms with Crippen molar-refractivity contribution < 1.29 is 24.8 Å². The van der Waals surface area contributed by atoms with Crippen molar-refractivity contribution in [3.05, 3.63) is 0 Å². The van der Waals surface area contributed by atoms with Gasteiger partial charge in [0.25, 0.3) is 0 Å². The highest BCUT2D eigenvalue weighted by molar-refractivity contribution is 4.86.